The summed E-state index contributed by atoms with van der Waals surface area (Å²) in [6.07, 6.45) is 2.17. The van der Waals surface area contributed by atoms with Crippen LogP contribution in [0.4, 0.5) is 0 Å². The van der Waals surface area contributed by atoms with Gasteiger partial charge in [-0.1, -0.05) is 24.3 Å². The molecule has 1 heterocycles. The van der Waals surface area contributed by atoms with E-state index >= 15 is 0 Å². The quantitative estimate of drug-likeness (QED) is 0.765. The molecule has 0 N–H and O–H groups in total. The summed E-state index contributed by atoms with van der Waals surface area (Å²) in [5.74, 6) is 0.920. The molecule has 0 saturated carbocycles. The minimum atomic E-state index is 0.398. The van der Waals surface area contributed by atoms with Crippen LogP contribution >= 0.6 is 0 Å². The molecule has 80 valence electrons. The van der Waals surface area contributed by atoms with Gasteiger partial charge < -0.3 is 4.57 Å². The Balaban J connectivity index is 2.50. The van der Waals surface area contributed by atoms with Gasteiger partial charge in [0, 0.05) is 18.8 Å². The first-order chi connectivity index (χ1) is 7.74. The molecule has 0 atom stereocenters. The Morgan fingerprint density at radius 2 is 2.12 bits per heavy atom. The van der Waals surface area contributed by atoms with Crippen molar-refractivity contribution in [3.63, 3.8) is 0 Å². The number of rotatable bonds is 2. The van der Waals surface area contributed by atoms with Crippen LogP contribution in [0.15, 0.2) is 30.5 Å². The highest BCUT2D eigenvalue weighted by Crippen LogP contribution is 2.22. The van der Waals surface area contributed by atoms with E-state index in [1.807, 2.05) is 29.8 Å². The molecule has 0 bridgehead atoms. The third-order valence-electron chi connectivity index (χ3n) is 2.73. The SMILES string of the molecule is Cc1ccccc1-c1ncc(CC#N)n1C. The Morgan fingerprint density at radius 3 is 2.81 bits per heavy atom. The van der Waals surface area contributed by atoms with Gasteiger partial charge in [-0.3, -0.25) is 0 Å². The van der Waals surface area contributed by atoms with E-state index in [-0.39, 0.29) is 0 Å². The number of hydrogen-bond donors (Lipinski definition) is 0. The van der Waals surface area contributed by atoms with Gasteiger partial charge in [0.05, 0.1) is 18.2 Å². The zero-order chi connectivity index (χ0) is 11.5. The maximum absolute atomic E-state index is 8.69. The summed E-state index contributed by atoms with van der Waals surface area (Å²) in [7, 11) is 1.95. The van der Waals surface area contributed by atoms with Crippen molar-refractivity contribution in [2.24, 2.45) is 7.05 Å². The van der Waals surface area contributed by atoms with Gasteiger partial charge in [-0.05, 0) is 12.5 Å². The van der Waals surface area contributed by atoms with Crippen LogP contribution in [0.2, 0.25) is 0 Å². The van der Waals surface area contributed by atoms with Crippen molar-refractivity contribution < 1.29 is 0 Å². The highest BCUT2D eigenvalue weighted by atomic mass is 15.1. The van der Waals surface area contributed by atoms with E-state index in [2.05, 4.69) is 24.0 Å². The van der Waals surface area contributed by atoms with Crippen molar-refractivity contribution in [2.45, 2.75) is 13.3 Å². The zero-order valence-electron chi connectivity index (χ0n) is 9.44. The summed E-state index contributed by atoms with van der Waals surface area (Å²) < 4.78 is 1.98. The third kappa shape index (κ3) is 1.70. The molecule has 1 aromatic carbocycles. The fraction of sp³-hybridized carbons (Fsp3) is 0.231. The minimum Gasteiger partial charge on any atom is -0.330 e. The molecule has 0 unspecified atom stereocenters. The number of benzene rings is 1. The normalized spacial score (nSPS) is 10.1. The molecule has 1 aromatic heterocycles. The van der Waals surface area contributed by atoms with Crippen molar-refractivity contribution in [3.05, 3.63) is 41.7 Å². The molecule has 0 fully saturated rings. The monoisotopic (exact) mass is 211 g/mol. The molecule has 0 amide bonds. The van der Waals surface area contributed by atoms with Crippen LogP contribution in [0.5, 0.6) is 0 Å². The summed E-state index contributed by atoms with van der Waals surface area (Å²) in [6.45, 7) is 2.06. The van der Waals surface area contributed by atoms with Crippen LogP contribution in [0, 0.1) is 18.3 Å². The van der Waals surface area contributed by atoms with Gasteiger partial charge in [0.2, 0.25) is 0 Å². The highest BCUT2D eigenvalue weighted by Gasteiger charge is 2.09. The van der Waals surface area contributed by atoms with Crippen LogP contribution in [0.3, 0.4) is 0 Å². The first kappa shape index (κ1) is 10.4. The lowest BCUT2D eigenvalue weighted by Gasteiger charge is -2.06. The van der Waals surface area contributed by atoms with Crippen LogP contribution < -0.4 is 0 Å². The lowest BCUT2D eigenvalue weighted by Crippen LogP contribution is -1.98. The van der Waals surface area contributed by atoms with E-state index in [1.54, 1.807) is 6.20 Å². The van der Waals surface area contributed by atoms with Crippen LogP contribution in [-0.2, 0) is 13.5 Å². The van der Waals surface area contributed by atoms with Crippen LogP contribution in [0.25, 0.3) is 11.4 Å². The summed E-state index contributed by atoms with van der Waals surface area (Å²) >= 11 is 0. The number of imidazole rings is 1. The smallest absolute Gasteiger partial charge is 0.140 e. The average molecular weight is 211 g/mol. The van der Waals surface area contributed by atoms with E-state index in [9.17, 15) is 0 Å². The Morgan fingerprint density at radius 1 is 1.38 bits per heavy atom. The molecule has 0 radical (unpaired) electrons. The second kappa shape index (κ2) is 4.19. The fourth-order valence-corrected chi connectivity index (χ4v) is 1.76. The van der Waals surface area contributed by atoms with E-state index in [1.165, 1.54) is 5.56 Å². The number of nitriles is 1. The van der Waals surface area contributed by atoms with E-state index in [0.717, 1.165) is 17.1 Å². The van der Waals surface area contributed by atoms with Gasteiger partial charge in [-0.2, -0.15) is 5.26 Å². The first-order valence-electron chi connectivity index (χ1n) is 5.17. The molecule has 3 nitrogen and oxygen atoms in total. The van der Waals surface area contributed by atoms with Crippen LogP contribution in [-0.4, -0.2) is 9.55 Å². The standard InChI is InChI=1S/C13H13N3/c1-10-5-3-4-6-12(10)13-15-9-11(7-8-14)16(13)2/h3-6,9H,7H2,1-2H3. The highest BCUT2D eigenvalue weighted by molar-refractivity contribution is 5.60. The van der Waals surface area contributed by atoms with Gasteiger partial charge in [0.15, 0.2) is 0 Å². The predicted octanol–water partition coefficient (Wildman–Crippen LogP) is 2.46. The number of nitrogens with zero attached hydrogens (tertiary/aromatic N) is 3. The lowest BCUT2D eigenvalue weighted by molar-refractivity contribution is 0.863. The van der Waals surface area contributed by atoms with Crippen molar-refractivity contribution in [1.29, 1.82) is 5.26 Å². The number of aromatic nitrogens is 2. The molecule has 3 heteroatoms. The van der Waals surface area contributed by atoms with Gasteiger partial charge in [-0.15, -0.1) is 0 Å². The van der Waals surface area contributed by atoms with E-state index in [4.69, 9.17) is 5.26 Å². The lowest BCUT2D eigenvalue weighted by atomic mass is 10.1. The van der Waals surface area contributed by atoms with E-state index in [0.29, 0.717) is 6.42 Å². The summed E-state index contributed by atoms with van der Waals surface area (Å²) in [5.41, 5.74) is 3.26. The largest absolute Gasteiger partial charge is 0.330 e. The Hall–Kier alpha value is -2.08. The zero-order valence-corrected chi connectivity index (χ0v) is 9.44. The van der Waals surface area contributed by atoms with Gasteiger partial charge in [-0.25, -0.2) is 4.98 Å². The van der Waals surface area contributed by atoms with Crippen molar-refractivity contribution in [3.8, 4) is 17.5 Å². The van der Waals surface area contributed by atoms with Crippen LogP contribution in [0.1, 0.15) is 11.3 Å². The number of aryl methyl sites for hydroxylation is 1. The molecule has 0 aliphatic heterocycles. The predicted molar refractivity (Wildman–Crippen MR) is 62.7 cm³/mol. The maximum Gasteiger partial charge on any atom is 0.140 e. The van der Waals surface area contributed by atoms with Crippen molar-refractivity contribution >= 4 is 0 Å². The first-order valence-corrected chi connectivity index (χ1v) is 5.17. The third-order valence-corrected chi connectivity index (χ3v) is 2.73. The molecule has 0 saturated heterocycles. The van der Waals surface area contributed by atoms with Gasteiger partial charge >= 0.3 is 0 Å². The Kier molecular flexibility index (Phi) is 2.74. The minimum absolute atomic E-state index is 0.398. The molecule has 0 aliphatic rings. The molecule has 2 rings (SSSR count). The topological polar surface area (TPSA) is 41.6 Å². The summed E-state index contributed by atoms with van der Waals surface area (Å²) in [5, 5.41) is 8.69. The summed E-state index contributed by atoms with van der Waals surface area (Å²) in [4.78, 5) is 4.38. The Labute approximate surface area is 95.0 Å². The number of hydrogen-bond acceptors (Lipinski definition) is 2. The van der Waals surface area contributed by atoms with Crippen molar-refractivity contribution in [2.75, 3.05) is 0 Å². The molecular formula is C13H13N3. The molecule has 0 spiro atoms. The van der Waals surface area contributed by atoms with Gasteiger partial charge in [0.1, 0.15) is 5.82 Å². The summed E-state index contributed by atoms with van der Waals surface area (Å²) in [6, 6.07) is 10.3. The van der Waals surface area contributed by atoms with Crippen molar-refractivity contribution in [1.82, 2.24) is 9.55 Å². The fourth-order valence-electron chi connectivity index (χ4n) is 1.76. The van der Waals surface area contributed by atoms with Gasteiger partial charge in [0.25, 0.3) is 0 Å². The molecule has 16 heavy (non-hydrogen) atoms. The second-order valence-electron chi connectivity index (χ2n) is 3.78. The molecule has 0 aliphatic carbocycles. The van der Waals surface area contributed by atoms with E-state index < -0.39 is 0 Å². The maximum atomic E-state index is 8.69. The molecule has 2 aromatic rings. The second-order valence-corrected chi connectivity index (χ2v) is 3.78. The average Bonchev–Trinajstić information content (AvgIpc) is 2.62. The Bertz CT molecular complexity index is 547. The molecular weight excluding hydrogens is 198 g/mol.